The van der Waals surface area contributed by atoms with Crippen LogP contribution in [0.5, 0.6) is 0 Å². The fourth-order valence-electron chi connectivity index (χ4n) is 2.32. The number of rotatable bonds is 4. The summed E-state index contributed by atoms with van der Waals surface area (Å²) in [7, 11) is 2.03. The highest BCUT2D eigenvalue weighted by molar-refractivity contribution is 9.10. The van der Waals surface area contributed by atoms with Gasteiger partial charge in [0.05, 0.1) is 12.2 Å². The molecule has 3 heterocycles. The number of halogens is 1. The first-order chi connectivity index (χ1) is 11.0. The second-order valence-corrected chi connectivity index (χ2v) is 6.45. The standard InChI is InChI=1S/C17H18BrN5/c1-12-8-21-23(11-12)17-6-4-14(9-19-17)13(2)22(3)16-7-5-15(18)10-20-16/h4-11,13H,1-3H3. The summed E-state index contributed by atoms with van der Waals surface area (Å²) in [5.41, 5.74) is 2.25. The van der Waals surface area contributed by atoms with E-state index in [0.717, 1.165) is 27.2 Å². The molecule has 0 amide bonds. The predicted octanol–water partition coefficient (Wildman–Crippen LogP) is 3.93. The normalized spacial score (nSPS) is 12.2. The Balaban J connectivity index is 1.79. The average Bonchev–Trinajstić information content (AvgIpc) is 3.01. The van der Waals surface area contributed by atoms with Crippen LogP contribution < -0.4 is 4.90 Å². The molecule has 0 saturated heterocycles. The Morgan fingerprint density at radius 2 is 1.91 bits per heavy atom. The first kappa shape index (κ1) is 15.7. The highest BCUT2D eigenvalue weighted by Crippen LogP contribution is 2.24. The third-order valence-corrected chi connectivity index (χ3v) is 4.32. The van der Waals surface area contributed by atoms with Crippen molar-refractivity contribution in [1.29, 1.82) is 0 Å². The molecular weight excluding hydrogens is 354 g/mol. The van der Waals surface area contributed by atoms with Crippen molar-refractivity contribution in [3.05, 3.63) is 64.7 Å². The lowest BCUT2D eigenvalue weighted by Gasteiger charge is -2.26. The quantitative estimate of drug-likeness (QED) is 0.696. The van der Waals surface area contributed by atoms with Gasteiger partial charge in [0.25, 0.3) is 0 Å². The minimum Gasteiger partial charge on any atom is -0.353 e. The molecule has 6 heteroatoms. The fraction of sp³-hybridized carbons (Fsp3) is 0.235. The smallest absolute Gasteiger partial charge is 0.153 e. The van der Waals surface area contributed by atoms with Gasteiger partial charge in [0.15, 0.2) is 5.82 Å². The molecule has 3 aromatic rings. The average molecular weight is 372 g/mol. The van der Waals surface area contributed by atoms with E-state index in [1.807, 2.05) is 50.8 Å². The second-order valence-electron chi connectivity index (χ2n) is 5.53. The van der Waals surface area contributed by atoms with Gasteiger partial charge in [-0.15, -0.1) is 0 Å². The van der Waals surface area contributed by atoms with Crippen molar-refractivity contribution in [3.8, 4) is 5.82 Å². The molecule has 0 aliphatic heterocycles. The summed E-state index contributed by atoms with van der Waals surface area (Å²) in [5, 5.41) is 4.28. The lowest BCUT2D eigenvalue weighted by atomic mass is 10.1. The van der Waals surface area contributed by atoms with Crippen LogP contribution in [0.2, 0.25) is 0 Å². The molecule has 0 radical (unpaired) electrons. The van der Waals surface area contributed by atoms with Crippen LogP contribution in [-0.4, -0.2) is 26.8 Å². The van der Waals surface area contributed by atoms with E-state index in [1.165, 1.54) is 0 Å². The Morgan fingerprint density at radius 1 is 1.09 bits per heavy atom. The molecule has 0 aliphatic carbocycles. The van der Waals surface area contributed by atoms with Crippen LogP contribution in [0.15, 0.2) is 53.5 Å². The Kier molecular flexibility index (Phi) is 4.43. The van der Waals surface area contributed by atoms with Gasteiger partial charge in [-0.05, 0) is 59.1 Å². The van der Waals surface area contributed by atoms with Crippen molar-refractivity contribution in [1.82, 2.24) is 19.7 Å². The van der Waals surface area contributed by atoms with Crippen LogP contribution in [0, 0.1) is 6.92 Å². The first-order valence-corrected chi connectivity index (χ1v) is 8.16. The maximum Gasteiger partial charge on any atom is 0.153 e. The van der Waals surface area contributed by atoms with Crippen LogP contribution >= 0.6 is 15.9 Å². The molecule has 0 bridgehead atoms. The lowest BCUT2D eigenvalue weighted by molar-refractivity contribution is 0.722. The van der Waals surface area contributed by atoms with Crippen molar-refractivity contribution in [2.24, 2.45) is 0 Å². The molecule has 0 saturated carbocycles. The van der Waals surface area contributed by atoms with Crippen molar-refractivity contribution >= 4 is 21.7 Å². The van der Waals surface area contributed by atoms with E-state index in [-0.39, 0.29) is 6.04 Å². The number of pyridine rings is 2. The van der Waals surface area contributed by atoms with Crippen molar-refractivity contribution in [2.75, 3.05) is 11.9 Å². The van der Waals surface area contributed by atoms with Crippen molar-refractivity contribution < 1.29 is 0 Å². The van der Waals surface area contributed by atoms with Gasteiger partial charge in [-0.1, -0.05) is 6.07 Å². The highest BCUT2D eigenvalue weighted by Gasteiger charge is 2.14. The molecule has 0 N–H and O–H groups in total. The highest BCUT2D eigenvalue weighted by atomic mass is 79.9. The summed E-state index contributed by atoms with van der Waals surface area (Å²) in [6.45, 7) is 4.15. The largest absolute Gasteiger partial charge is 0.353 e. The zero-order chi connectivity index (χ0) is 16.4. The van der Waals surface area contributed by atoms with Crippen LogP contribution in [0.25, 0.3) is 5.82 Å². The molecule has 5 nitrogen and oxygen atoms in total. The first-order valence-electron chi connectivity index (χ1n) is 7.36. The number of aromatic nitrogens is 4. The Morgan fingerprint density at radius 3 is 2.48 bits per heavy atom. The van der Waals surface area contributed by atoms with Crippen LogP contribution in [0.4, 0.5) is 5.82 Å². The van der Waals surface area contributed by atoms with Crippen LogP contribution in [-0.2, 0) is 0 Å². The van der Waals surface area contributed by atoms with Crippen molar-refractivity contribution in [3.63, 3.8) is 0 Å². The Bertz CT molecular complexity index is 780. The van der Waals surface area contributed by atoms with Gasteiger partial charge in [0, 0.05) is 30.1 Å². The summed E-state index contributed by atoms with van der Waals surface area (Å²) >= 11 is 3.41. The third-order valence-electron chi connectivity index (χ3n) is 3.85. The SMILES string of the molecule is Cc1cnn(-c2ccc(C(C)N(C)c3ccc(Br)cn3)cn2)c1. The van der Waals surface area contributed by atoms with Gasteiger partial charge in [-0.2, -0.15) is 5.10 Å². The van der Waals surface area contributed by atoms with Gasteiger partial charge in [-0.3, -0.25) is 0 Å². The summed E-state index contributed by atoms with van der Waals surface area (Å²) in [4.78, 5) is 11.1. The third kappa shape index (κ3) is 3.42. The molecule has 1 atom stereocenters. The molecule has 118 valence electrons. The minimum absolute atomic E-state index is 0.171. The number of aryl methyl sites for hydroxylation is 1. The Labute approximate surface area is 144 Å². The molecule has 0 fully saturated rings. The summed E-state index contributed by atoms with van der Waals surface area (Å²) < 4.78 is 2.76. The molecule has 0 aliphatic rings. The minimum atomic E-state index is 0.171. The van der Waals surface area contributed by atoms with E-state index in [1.54, 1.807) is 10.9 Å². The van der Waals surface area contributed by atoms with Gasteiger partial charge in [-0.25, -0.2) is 14.6 Å². The molecular formula is C17H18BrN5. The van der Waals surface area contributed by atoms with Crippen LogP contribution in [0.1, 0.15) is 24.1 Å². The van der Waals surface area contributed by atoms with Gasteiger partial charge >= 0.3 is 0 Å². The monoisotopic (exact) mass is 371 g/mol. The number of hydrogen-bond acceptors (Lipinski definition) is 4. The molecule has 0 spiro atoms. The lowest BCUT2D eigenvalue weighted by Crippen LogP contribution is -2.22. The summed E-state index contributed by atoms with van der Waals surface area (Å²) in [5.74, 6) is 1.74. The molecule has 23 heavy (non-hydrogen) atoms. The van der Waals surface area contributed by atoms with Gasteiger partial charge in [0.2, 0.25) is 0 Å². The fourth-order valence-corrected chi connectivity index (χ4v) is 2.55. The van der Waals surface area contributed by atoms with Gasteiger partial charge < -0.3 is 4.90 Å². The van der Waals surface area contributed by atoms with Crippen LogP contribution in [0.3, 0.4) is 0 Å². The summed E-state index contributed by atoms with van der Waals surface area (Å²) in [6, 6.07) is 8.23. The molecule has 1 unspecified atom stereocenters. The zero-order valence-electron chi connectivity index (χ0n) is 13.3. The second kappa shape index (κ2) is 6.50. The van der Waals surface area contributed by atoms with Gasteiger partial charge in [0.1, 0.15) is 5.82 Å². The van der Waals surface area contributed by atoms with E-state index in [9.17, 15) is 0 Å². The molecule has 3 aromatic heterocycles. The maximum atomic E-state index is 4.52. The predicted molar refractivity (Wildman–Crippen MR) is 94.9 cm³/mol. The molecule has 3 rings (SSSR count). The van der Waals surface area contributed by atoms with E-state index in [4.69, 9.17) is 0 Å². The topological polar surface area (TPSA) is 46.8 Å². The summed E-state index contributed by atoms with van der Waals surface area (Å²) in [6.07, 6.45) is 7.49. The number of anilines is 1. The zero-order valence-corrected chi connectivity index (χ0v) is 14.9. The van der Waals surface area contributed by atoms with E-state index in [0.29, 0.717) is 0 Å². The number of nitrogens with zero attached hydrogens (tertiary/aromatic N) is 5. The van der Waals surface area contributed by atoms with E-state index in [2.05, 4.69) is 48.9 Å². The van der Waals surface area contributed by atoms with E-state index >= 15 is 0 Å². The maximum absolute atomic E-state index is 4.52. The van der Waals surface area contributed by atoms with E-state index < -0.39 is 0 Å². The number of hydrogen-bond donors (Lipinski definition) is 0. The Hall–Kier alpha value is -2.21. The molecule has 0 aromatic carbocycles. The van der Waals surface area contributed by atoms with Crippen molar-refractivity contribution in [2.45, 2.75) is 19.9 Å².